The van der Waals surface area contributed by atoms with Crippen LogP contribution in [0.1, 0.15) is 19.8 Å². The molecule has 0 bridgehead atoms. The van der Waals surface area contributed by atoms with Crippen molar-refractivity contribution in [1.82, 2.24) is 4.57 Å². The molecule has 1 aromatic heterocycles. The Balaban J connectivity index is 2.49. The standard InChI is InChI=1S/C17H21FIN3O3S/c1-4-5-8-26(24)21-16-14(25-3)10-15(23)22(2)17(16)20-13-7-6-11(19)9-12(13)18/h6-7,9-10,20H,4-5,8H2,1-3H3,(H,21,24)/p+1. The highest BCUT2D eigenvalue weighted by molar-refractivity contribution is 14.1. The summed E-state index contributed by atoms with van der Waals surface area (Å²) in [6, 6.07) is 6.03. The number of rotatable bonds is 8. The molecule has 0 fully saturated rings. The van der Waals surface area contributed by atoms with Crippen LogP contribution in [-0.4, -0.2) is 17.4 Å². The van der Waals surface area contributed by atoms with Gasteiger partial charge in [0.1, 0.15) is 17.4 Å². The highest BCUT2D eigenvalue weighted by Crippen LogP contribution is 2.34. The van der Waals surface area contributed by atoms with Crippen LogP contribution in [0.2, 0.25) is 0 Å². The molecule has 0 aliphatic rings. The third-order valence-electron chi connectivity index (χ3n) is 3.76. The largest absolute Gasteiger partial charge is 0.494 e. The van der Waals surface area contributed by atoms with Crippen molar-refractivity contribution in [3.8, 4) is 5.75 Å². The van der Waals surface area contributed by atoms with Crippen molar-refractivity contribution in [2.75, 3.05) is 22.9 Å². The highest BCUT2D eigenvalue weighted by atomic mass is 127. The molecule has 0 spiro atoms. The van der Waals surface area contributed by atoms with Crippen molar-refractivity contribution in [2.45, 2.75) is 19.8 Å². The van der Waals surface area contributed by atoms with E-state index in [-0.39, 0.29) is 22.8 Å². The van der Waals surface area contributed by atoms with Crippen molar-refractivity contribution in [1.29, 1.82) is 0 Å². The quantitative estimate of drug-likeness (QED) is 0.334. The van der Waals surface area contributed by atoms with Crippen LogP contribution >= 0.6 is 22.6 Å². The van der Waals surface area contributed by atoms with Gasteiger partial charge in [0.05, 0.1) is 12.8 Å². The maximum absolute atomic E-state index is 14.2. The van der Waals surface area contributed by atoms with Crippen LogP contribution < -0.4 is 20.3 Å². The zero-order valence-electron chi connectivity index (χ0n) is 14.8. The molecule has 0 aliphatic heterocycles. The number of benzene rings is 1. The molecule has 1 heterocycles. The maximum Gasteiger partial charge on any atom is 0.255 e. The molecule has 2 rings (SSSR count). The topological polar surface area (TPSA) is 72.4 Å². The van der Waals surface area contributed by atoms with Crippen LogP contribution in [0.15, 0.2) is 29.1 Å². The van der Waals surface area contributed by atoms with E-state index in [1.165, 1.54) is 23.8 Å². The molecule has 2 N–H and O–H groups in total. The van der Waals surface area contributed by atoms with Gasteiger partial charge in [0.2, 0.25) is 0 Å². The normalized spacial score (nSPS) is 11.9. The molecule has 0 aliphatic carbocycles. The van der Waals surface area contributed by atoms with Gasteiger partial charge in [-0.25, -0.2) is 9.11 Å². The minimum atomic E-state index is -1.74. The summed E-state index contributed by atoms with van der Waals surface area (Å²) >= 11 is 2.02. The average Bonchev–Trinajstić information content (AvgIpc) is 2.60. The van der Waals surface area contributed by atoms with Gasteiger partial charge in [-0.1, -0.05) is 17.6 Å². The summed E-state index contributed by atoms with van der Waals surface area (Å²) in [5.74, 6) is 0.582. The molecule has 26 heavy (non-hydrogen) atoms. The summed E-state index contributed by atoms with van der Waals surface area (Å²) in [6.07, 6.45) is 1.73. The van der Waals surface area contributed by atoms with Gasteiger partial charge in [-0.2, -0.15) is 0 Å². The number of nitrogens with one attached hydrogen (secondary N) is 2. The van der Waals surface area contributed by atoms with Gasteiger partial charge in [-0.15, -0.1) is 0 Å². The van der Waals surface area contributed by atoms with Gasteiger partial charge in [-0.05, 0) is 47.2 Å². The second-order valence-electron chi connectivity index (χ2n) is 5.65. The van der Waals surface area contributed by atoms with Crippen molar-refractivity contribution in [2.24, 2.45) is 7.05 Å². The van der Waals surface area contributed by atoms with Gasteiger partial charge in [0.15, 0.2) is 22.4 Å². The second kappa shape index (κ2) is 9.36. The van der Waals surface area contributed by atoms with Crippen molar-refractivity contribution in [3.63, 3.8) is 0 Å². The Morgan fingerprint density at radius 3 is 2.69 bits per heavy atom. The number of aromatic nitrogens is 1. The summed E-state index contributed by atoms with van der Waals surface area (Å²) in [6.45, 7) is 2.02. The predicted molar refractivity (Wildman–Crippen MR) is 113 cm³/mol. The Bertz CT molecular complexity index is 873. The van der Waals surface area contributed by atoms with E-state index in [2.05, 4.69) is 10.0 Å². The number of unbranched alkanes of at least 4 members (excludes halogenated alkanes) is 1. The maximum atomic E-state index is 14.2. The van der Waals surface area contributed by atoms with E-state index in [1.807, 2.05) is 29.5 Å². The number of hydrogen-bond acceptors (Lipinski definition) is 4. The molecule has 1 atom stereocenters. The Morgan fingerprint density at radius 1 is 1.35 bits per heavy atom. The fourth-order valence-corrected chi connectivity index (χ4v) is 3.93. The molecule has 6 nitrogen and oxygen atoms in total. The lowest BCUT2D eigenvalue weighted by Gasteiger charge is -2.18. The summed E-state index contributed by atoms with van der Waals surface area (Å²) in [4.78, 5) is 12.2. The highest BCUT2D eigenvalue weighted by Gasteiger charge is 2.20. The average molecular weight is 494 g/mol. The smallest absolute Gasteiger partial charge is 0.255 e. The number of hydrogen-bond donors (Lipinski definition) is 2. The minimum absolute atomic E-state index is 0.209. The van der Waals surface area contributed by atoms with Crippen LogP contribution in [0, 0.1) is 9.39 Å². The summed E-state index contributed by atoms with van der Waals surface area (Å²) in [7, 11) is 1.24. The van der Waals surface area contributed by atoms with Gasteiger partial charge in [0, 0.05) is 16.7 Å². The number of ether oxygens (including phenoxy) is 1. The fourth-order valence-electron chi connectivity index (χ4n) is 2.29. The number of anilines is 3. The van der Waals surface area contributed by atoms with Gasteiger partial charge in [0.25, 0.3) is 5.56 Å². The van der Waals surface area contributed by atoms with Crippen molar-refractivity contribution in [3.05, 3.63) is 44.0 Å². The number of thiol groups is 1. The molecule has 2 aromatic rings. The third-order valence-corrected chi connectivity index (χ3v) is 5.63. The molecule has 1 aromatic carbocycles. The van der Waals surface area contributed by atoms with E-state index < -0.39 is 16.8 Å². The second-order valence-corrected chi connectivity index (χ2v) is 8.32. The van der Waals surface area contributed by atoms with E-state index in [1.54, 1.807) is 19.2 Å². The Kier molecular flexibility index (Phi) is 7.44. The SMILES string of the molecule is CCCC[SH+](=O)Nc1c(OC)cc(=O)n(C)c1Nc1ccc(I)cc1F. The molecule has 0 amide bonds. The Hall–Kier alpha value is -1.62. The van der Waals surface area contributed by atoms with Crippen LogP contribution in [0.3, 0.4) is 0 Å². The first kappa shape index (κ1) is 20.7. The summed E-state index contributed by atoms with van der Waals surface area (Å²) in [5, 5.41) is 2.93. The van der Waals surface area contributed by atoms with Crippen molar-refractivity contribution < 1.29 is 13.3 Å². The third kappa shape index (κ3) is 4.97. The molecular weight excluding hydrogens is 472 g/mol. The van der Waals surface area contributed by atoms with Crippen LogP contribution in [0.5, 0.6) is 5.75 Å². The predicted octanol–water partition coefficient (Wildman–Crippen LogP) is 3.70. The van der Waals surface area contributed by atoms with E-state index >= 15 is 0 Å². The lowest BCUT2D eigenvalue weighted by Crippen LogP contribution is -2.22. The molecule has 1 unspecified atom stereocenters. The first-order valence-electron chi connectivity index (χ1n) is 8.08. The van der Waals surface area contributed by atoms with Gasteiger partial charge < -0.3 is 10.1 Å². The fraction of sp³-hybridized carbons (Fsp3) is 0.353. The lowest BCUT2D eigenvalue weighted by molar-refractivity contribution is 0.415. The molecule has 9 heteroatoms. The summed E-state index contributed by atoms with van der Waals surface area (Å²) in [5.41, 5.74) is 0.245. The summed E-state index contributed by atoms with van der Waals surface area (Å²) < 4.78 is 36.9. The Morgan fingerprint density at radius 2 is 2.08 bits per heavy atom. The first-order valence-corrected chi connectivity index (χ1v) is 10.6. The van der Waals surface area contributed by atoms with Crippen LogP contribution in [-0.2, 0) is 22.2 Å². The van der Waals surface area contributed by atoms with E-state index in [0.717, 1.165) is 16.4 Å². The van der Waals surface area contributed by atoms with E-state index in [4.69, 9.17) is 4.74 Å². The van der Waals surface area contributed by atoms with E-state index in [0.29, 0.717) is 11.4 Å². The lowest BCUT2D eigenvalue weighted by atomic mass is 10.3. The number of nitrogens with zero attached hydrogens (tertiary/aromatic N) is 1. The molecule has 142 valence electrons. The molecule has 0 radical (unpaired) electrons. The van der Waals surface area contributed by atoms with Gasteiger partial charge >= 0.3 is 0 Å². The van der Waals surface area contributed by atoms with Gasteiger partial charge in [-0.3, -0.25) is 9.36 Å². The minimum Gasteiger partial charge on any atom is -0.494 e. The first-order chi connectivity index (χ1) is 12.4. The number of halogens is 2. The molecule has 0 saturated heterocycles. The molecular formula is C17H22FIN3O3S+. The Labute approximate surface area is 167 Å². The molecule has 0 saturated carbocycles. The number of pyridine rings is 1. The zero-order valence-corrected chi connectivity index (χ0v) is 17.9. The van der Waals surface area contributed by atoms with E-state index in [9.17, 15) is 13.4 Å². The van der Waals surface area contributed by atoms with Crippen molar-refractivity contribution >= 4 is 50.8 Å². The van der Waals surface area contributed by atoms with Crippen LogP contribution in [0.25, 0.3) is 0 Å². The van der Waals surface area contributed by atoms with Crippen LogP contribution in [0.4, 0.5) is 21.6 Å². The number of methoxy groups -OCH3 is 1. The monoisotopic (exact) mass is 494 g/mol. The zero-order chi connectivity index (χ0) is 19.3.